The van der Waals surface area contributed by atoms with Gasteiger partial charge in [0.1, 0.15) is 11.5 Å². The van der Waals surface area contributed by atoms with Crippen molar-refractivity contribution in [1.82, 2.24) is 5.32 Å². The summed E-state index contributed by atoms with van der Waals surface area (Å²) in [4.78, 5) is 14.0. The largest absolute Gasteiger partial charge is 0.494 e. The summed E-state index contributed by atoms with van der Waals surface area (Å²) in [5.74, 6) is 1.49. The van der Waals surface area contributed by atoms with Crippen LogP contribution in [-0.2, 0) is 6.42 Å². The van der Waals surface area contributed by atoms with Crippen molar-refractivity contribution in [2.45, 2.75) is 13.3 Å². The van der Waals surface area contributed by atoms with Crippen molar-refractivity contribution >= 4 is 11.7 Å². The second kappa shape index (κ2) is 7.05. The van der Waals surface area contributed by atoms with E-state index in [1.165, 1.54) is 5.56 Å². The minimum absolute atomic E-state index is 0.130. The second-order valence-corrected chi connectivity index (χ2v) is 5.21. The maximum absolute atomic E-state index is 12.3. The van der Waals surface area contributed by atoms with Crippen molar-refractivity contribution in [3.8, 4) is 11.5 Å². The first-order chi connectivity index (χ1) is 11.3. The van der Waals surface area contributed by atoms with Gasteiger partial charge in [-0.1, -0.05) is 18.2 Å². The van der Waals surface area contributed by atoms with Crippen LogP contribution < -0.4 is 19.7 Å². The molecule has 0 saturated carbocycles. The summed E-state index contributed by atoms with van der Waals surface area (Å²) in [5, 5.41) is 2.79. The number of hydrogen-bond donors (Lipinski definition) is 1. The van der Waals surface area contributed by atoms with Crippen LogP contribution in [-0.4, -0.2) is 25.9 Å². The van der Waals surface area contributed by atoms with Gasteiger partial charge in [-0.3, -0.25) is 4.90 Å². The molecule has 0 spiro atoms. The highest BCUT2D eigenvalue weighted by Crippen LogP contribution is 2.27. The quantitative estimate of drug-likeness (QED) is 0.863. The van der Waals surface area contributed by atoms with Gasteiger partial charge < -0.3 is 14.8 Å². The van der Waals surface area contributed by atoms with E-state index in [1.54, 1.807) is 4.90 Å². The zero-order valence-electron chi connectivity index (χ0n) is 13.1. The van der Waals surface area contributed by atoms with Crippen LogP contribution in [0.3, 0.4) is 0 Å². The first kappa shape index (κ1) is 15.2. The molecule has 1 aliphatic heterocycles. The first-order valence-electron chi connectivity index (χ1n) is 7.77. The molecule has 1 aliphatic rings. The third-order valence-corrected chi connectivity index (χ3v) is 3.73. The van der Waals surface area contributed by atoms with Gasteiger partial charge in [-0.05, 0) is 49.2 Å². The lowest BCUT2D eigenvalue weighted by atomic mass is 10.2. The lowest BCUT2D eigenvalue weighted by Gasteiger charge is -2.18. The molecule has 0 aliphatic carbocycles. The number of fused-ring (bicyclic) bond motifs is 1. The van der Waals surface area contributed by atoms with Crippen LogP contribution >= 0.6 is 0 Å². The molecule has 0 atom stereocenters. The fraction of sp³-hybridized carbons (Fsp3) is 0.278. The fourth-order valence-corrected chi connectivity index (χ4v) is 2.62. The molecular weight excluding hydrogens is 292 g/mol. The monoisotopic (exact) mass is 312 g/mol. The summed E-state index contributed by atoms with van der Waals surface area (Å²) in [6, 6.07) is 15.2. The molecule has 0 radical (unpaired) electrons. The Morgan fingerprint density at radius 1 is 1.09 bits per heavy atom. The van der Waals surface area contributed by atoms with Gasteiger partial charge in [-0.15, -0.1) is 0 Å². The molecule has 0 saturated heterocycles. The molecule has 120 valence electrons. The van der Waals surface area contributed by atoms with Gasteiger partial charge in [0.15, 0.2) is 6.73 Å². The van der Waals surface area contributed by atoms with E-state index in [4.69, 9.17) is 9.47 Å². The number of ether oxygens (including phenoxy) is 2. The molecule has 3 rings (SSSR count). The van der Waals surface area contributed by atoms with Crippen molar-refractivity contribution in [2.24, 2.45) is 0 Å². The Morgan fingerprint density at radius 2 is 1.78 bits per heavy atom. The van der Waals surface area contributed by atoms with Crippen LogP contribution in [0.2, 0.25) is 0 Å². The molecule has 0 aromatic heterocycles. The lowest BCUT2D eigenvalue weighted by molar-refractivity contribution is 0.229. The van der Waals surface area contributed by atoms with E-state index in [0.29, 0.717) is 18.9 Å². The zero-order chi connectivity index (χ0) is 16.1. The Morgan fingerprint density at radius 3 is 2.52 bits per heavy atom. The highest BCUT2D eigenvalue weighted by atomic mass is 16.5. The molecule has 2 amide bonds. The van der Waals surface area contributed by atoms with E-state index in [1.807, 2.05) is 49.4 Å². The maximum atomic E-state index is 12.3. The van der Waals surface area contributed by atoms with Crippen molar-refractivity contribution in [2.75, 3.05) is 24.8 Å². The zero-order valence-corrected chi connectivity index (χ0v) is 13.1. The smallest absolute Gasteiger partial charge is 0.324 e. The fourth-order valence-electron chi connectivity index (χ4n) is 2.62. The van der Waals surface area contributed by atoms with Crippen LogP contribution in [0.1, 0.15) is 12.5 Å². The molecular formula is C18H20N2O3. The van der Waals surface area contributed by atoms with Gasteiger partial charge in [0.25, 0.3) is 0 Å². The van der Waals surface area contributed by atoms with Crippen molar-refractivity contribution in [3.05, 3.63) is 54.1 Å². The summed E-state index contributed by atoms with van der Waals surface area (Å²) in [6.45, 7) is 3.41. The maximum Gasteiger partial charge on any atom is 0.324 e. The third kappa shape index (κ3) is 3.56. The van der Waals surface area contributed by atoms with Gasteiger partial charge in [0, 0.05) is 12.2 Å². The molecule has 0 bridgehead atoms. The predicted octanol–water partition coefficient (Wildman–Crippen LogP) is 3.19. The minimum atomic E-state index is -0.138. The summed E-state index contributed by atoms with van der Waals surface area (Å²) in [6.07, 6.45) is 0.892. The van der Waals surface area contributed by atoms with E-state index in [2.05, 4.69) is 11.4 Å². The van der Waals surface area contributed by atoms with Crippen LogP contribution in [0.25, 0.3) is 0 Å². The Bertz CT molecular complexity index is 670. The average Bonchev–Trinajstić information content (AvgIpc) is 3.01. The predicted molar refractivity (Wildman–Crippen MR) is 89.1 cm³/mol. The molecule has 5 heteroatoms. The number of carbonyl (C=O) groups excluding carboxylic acids is 1. The van der Waals surface area contributed by atoms with Crippen LogP contribution in [0.15, 0.2) is 48.5 Å². The second-order valence-electron chi connectivity index (χ2n) is 5.21. The number of carbonyl (C=O) groups is 1. The molecule has 2 aromatic rings. The van der Waals surface area contributed by atoms with Crippen molar-refractivity contribution in [3.63, 3.8) is 0 Å². The molecule has 0 unspecified atom stereocenters. The molecule has 23 heavy (non-hydrogen) atoms. The van der Waals surface area contributed by atoms with Crippen LogP contribution in [0.4, 0.5) is 10.5 Å². The molecule has 1 N–H and O–H groups in total. The number of anilines is 1. The first-order valence-corrected chi connectivity index (χ1v) is 7.77. The number of para-hydroxylation sites is 1. The molecule has 1 heterocycles. The summed E-state index contributed by atoms with van der Waals surface area (Å²) >= 11 is 0. The number of nitrogens with zero attached hydrogens (tertiary/aromatic N) is 1. The standard InChI is InChI=1S/C18H20N2O3/c1-2-22-15-7-9-16(10-8-15)23-13-19-18(21)20-12-11-14-5-3-4-6-17(14)20/h3-10H,2,11-13H2,1H3,(H,19,21). The Hall–Kier alpha value is -2.69. The average molecular weight is 312 g/mol. The lowest BCUT2D eigenvalue weighted by Crippen LogP contribution is -2.40. The molecule has 0 fully saturated rings. The Labute approximate surface area is 135 Å². The van der Waals surface area contributed by atoms with E-state index < -0.39 is 0 Å². The number of benzene rings is 2. The normalized spacial score (nSPS) is 12.7. The number of rotatable bonds is 5. The van der Waals surface area contributed by atoms with Crippen LogP contribution in [0.5, 0.6) is 11.5 Å². The topological polar surface area (TPSA) is 50.8 Å². The molecule has 5 nitrogen and oxygen atoms in total. The van der Waals surface area contributed by atoms with Crippen LogP contribution in [0, 0.1) is 0 Å². The van der Waals surface area contributed by atoms with E-state index >= 15 is 0 Å². The third-order valence-electron chi connectivity index (χ3n) is 3.73. The Balaban J connectivity index is 1.50. The van der Waals surface area contributed by atoms with E-state index in [-0.39, 0.29) is 12.8 Å². The van der Waals surface area contributed by atoms with E-state index in [9.17, 15) is 4.79 Å². The van der Waals surface area contributed by atoms with E-state index in [0.717, 1.165) is 17.9 Å². The summed E-state index contributed by atoms with van der Waals surface area (Å²) in [5.41, 5.74) is 2.18. The van der Waals surface area contributed by atoms with Gasteiger partial charge in [0.05, 0.1) is 6.61 Å². The van der Waals surface area contributed by atoms with Crippen molar-refractivity contribution < 1.29 is 14.3 Å². The summed E-state index contributed by atoms with van der Waals surface area (Å²) < 4.78 is 10.9. The minimum Gasteiger partial charge on any atom is -0.494 e. The number of nitrogens with one attached hydrogen (secondary N) is 1. The number of urea groups is 1. The Kier molecular flexibility index (Phi) is 4.66. The van der Waals surface area contributed by atoms with Gasteiger partial charge in [-0.25, -0.2) is 4.79 Å². The summed E-state index contributed by atoms with van der Waals surface area (Å²) in [7, 11) is 0. The highest BCUT2D eigenvalue weighted by molar-refractivity contribution is 5.94. The van der Waals surface area contributed by atoms with Gasteiger partial charge >= 0.3 is 6.03 Å². The number of amides is 2. The highest BCUT2D eigenvalue weighted by Gasteiger charge is 2.23. The van der Waals surface area contributed by atoms with Gasteiger partial charge in [-0.2, -0.15) is 0 Å². The SMILES string of the molecule is CCOc1ccc(OCNC(=O)N2CCc3ccccc32)cc1. The van der Waals surface area contributed by atoms with Crippen molar-refractivity contribution in [1.29, 1.82) is 0 Å². The van der Waals surface area contributed by atoms with Gasteiger partial charge in [0.2, 0.25) is 0 Å². The number of hydrogen-bond acceptors (Lipinski definition) is 3. The molecule has 2 aromatic carbocycles.